The van der Waals surface area contributed by atoms with Crippen LogP contribution in [-0.4, -0.2) is 41.4 Å². The number of rotatable bonds is 3. The van der Waals surface area contributed by atoms with Crippen LogP contribution in [0.3, 0.4) is 0 Å². The third kappa shape index (κ3) is 3.73. The summed E-state index contributed by atoms with van der Waals surface area (Å²) in [7, 11) is 0. The normalized spacial score (nSPS) is 30.2. The van der Waals surface area contributed by atoms with E-state index in [0.717, 1.165) is 0 Å². The first-order chi connectivity index (χ1) is 10.1. The number of halogens is 6. The fourth-order valence-corrected chi connectivity index (χ4v) is 1.94. The number of alkyl halides is 6. The molecular formula is C13H18F6O4. The van der Waals surface area contributed by atoms with Gasteiger partial charge in [0.05, 0.1) is 18.4 Å². The van der Waals surface area contributed by atoms with E-state index in [0.29, 0.717) is 0 Å². The second-order valence-electron chi connectivity index (χ2n) is 6.18. The fraction of sp³-hybridized carbons (Fsp3) is 0.923. The highest BCUT2D eigenvalue weighted by Crippen LogP contribution is 2.50. The van der Waals surface area contributed by atoms with Crippen LogP contribution in [0.1, 0.15) is 40.0 Å². The van der Waals surface area contributed by atoms with E-state index in [-0.39, 0.29) is 6.42 Å². The van der Waals surface area contributed by atoms with Crippen molar-refractivity contribution >= 4 is 5.97 Å². The first kappa shape index (κ1) is 20.0. The average molecular weight is 352 g/mol. The topological polar surface area (TPSA) is 55.8 Å². The van der Waals surface area contributed by atoms with E-state index in [1.165, 1.54) is 20.8 Å². The monoisotopic (exact) mass is 352 g/mol. The van der Waals surface area contributed by atoms with E-state index in [1.54, 1.807) is 0 Å². The first-order valence-electron chi connectivity index (χ1n) is 6.83. The molecule has 1 aliphatic rings. The molecular weight excluding hydrogens is 334 g/mol. The van der Waals surface area contributed by atoms with Crippen molar-refractivity contribution in [3.63, 3.8) is 0 Å². The number of esters is 1. The third-order valence-corrected chi connectivity index (χ3v) is 4.06. The van der Waals surface area contributed by atoms with Crippen LogP contribution in [0.4, 0.5) is 26.3 Å². The van der Waals surface area contributed by atoms with Gasteiger partial charge in [-0.2, -0.15) is 26.3 Å². The Morgan fingerprint density at radius 3 is 2.09 bits per heavy atom. The van der Waals surface area contributed by atoms with E-state index in [1.807, 2.05) is 0 Å². The Morgan fingerprint density at radius 1 is 1.17 bits per heavy atom. The Hall–Kier alpha value is -1.03. The van der Waals surface area contributed by atoms with Gasteiger partial charge in [0.15, 0.2) is 0 Å². The van der Waals surface area contributed by atoms with Crippen LogP contribution in [0.25, 0.3) is 0 Å². The molecule has 0 saturated carbocycles. The van der Waals surface area contributed by atoms with E-state index in [4.69, 9.17) is 0 Å². The lowest BCUT2D eigenvalue weighted by Gasteiger charge is -2.46. The average Bonchev–Trinajstić information content (AvgIpc) is 2.36. The second-order valence-corrected chi connectivity index (χ2v) is 6.18. The van der Waals surface area contributed by atoms with Gasteiger partial charge in [0, 0.05) is 6.42 Å². The number of hydrogen-bond donors (Lipinski definition) is 1. The van der Waals surface area contributed by atoms with Crippen LogP contribution in [0.15, 0.2) is 0 Å². The van der Waals surface area contributed by atoms with Crippen LogP contribution < -0.4 is 0 Å². The molecule has 10 heteroatoms. The van der Waals surface area contributed by atoms with Crippen molar-refractivity contribution in [1.82, 2.24) is 0 Å². The van der Waals surface area contributed by atoms with Gasteiger partial charge in [0.1, 0.15) is 0 Å². The molecule has 136 valence electrons. The van der Waals surface area contributed by atoms with E-state index in [9.17, 15) is 36.2 Å². The van der Waals surface area contributed by atoms with Gasteiger partial charge in [-0.05, 0) is 20.3 Å². The highest BCUT2D eigenvalue weighted by atomic mass is 19.4. The van der Waals surface area contributed by atoms with Crippen molar-refractivity contribution in [2.24, 2.45) is 5.41 Å². The van der Waals surface area contributed by atoms with Gasteiger partial charge in [0.2, 0.25) is 5.60 Å². The lowest BCUT2D eigenvalue weighted by molar-refractivity contribution is -0.413. The number of aliphatic hydroxyl groups is 1. The van der Waals surface area contributed by atoms with Gasteiger partial charge >= 0.3 is 18.3 Å². The van der Waals surface area contributed by atoms with Crippen LogP contribution in [0.2, 0.25) is 0 Å². The highest BCUT2D eigenvalue weighted by molar-refractivity contribution is 5.76. The molecule has 0 aromatic heterocycles. The van der Waals surface area contributed by atoms with Crippen LogP contribution in [-0.2, 0) is 14.3 Å². The second kappa shape index (κ2) is 5.80. The molecule has 1 rings (SSSR count). The third-order valence-electron chi connectivity index (χ3n) is 4.06. The summed E-state index contributed by atoms with van der Waals surface area (Å²) < 4.78 is 87.1. The maximum absolute atomic E-state index is 13.4. The molecule has 0 aromatic carbocycles. The predicted molar refractivity (Wildman–Crippen MR) is 65.1 cm³/mol. The minimum absolute atomic E-state index is 0.125. The molecule has 1 N–H and O–H groups in total. The zero-order valence-electron chi connectivity index (χ0n) is 12.8. The lowest BCUT2D eigenvalue weighted by Crippen LogP contribution is -2.63. The van der Waals surface area contributed by atoms with Crippen molar-refractivity contribution in [3.8, 4) is 0 Å². The molecule has 0 aliphatic carbocycles. The van der Waals surface area contributed by atoms with Gasteiger partial charge in [-0.15, -0.1) is 0 Å². The van der Waals surface area contributed by atoms with Crippen molar-refractivity contribution < 1.29 is 45.7 Å². The summed E-state index contributed by atoms with van der Waals surface area (Å²) in [5.74, 6) is -5.32. The summed E-state index contributed by atoms with van der Waals surface area (Å²) in [6.07, 6.45) is -13.6. The van der Waals surface area contributed by atoms with Gasteiger partial charge in [-0.1, -0.05) is 6.92 Å². The molecule has 4 nitrogen and oxygen atoms in total. The molecule has 1 fully saturated rings. The smallest absolute Gasteiger partial charge is 0.443 e. The molecule has 0 aromatic rings. The summed E-state index contributed by atoms with van der Waals surface area (Å²) in [6, 6.07) is 0. The number of carbonyl (C=O) groups is 1. The fourth-order valence-electron chi connectivity index (χ4n) is 1.94. The summed E-state index contributed by atoms with van der Waals surface area (Å²) in [5, 5.41) is 9.44. The van der Waals surface area contributed by atoms with Crippen LogP contribution in [0, 0.1) is 5.41 Å². The zero-order valence-corrected chi connectivity index (χ0v) is 12.8. The molecule has 1 heterocycles. The van der Waals surface area contributed by atoms with Crippen molar-refractivity contribution in [2.75, 3.05) is 6.61 Å². The van der Waals surface area contributed by atoms with E-state index in [2.05, 4.69) is 9.47 Å². The van der Waals surface area contributed by atoms with Crippen molar-refractivity contribution in [1.29, 1.82) is 0 Å². The quantitative estimate of drug-likeness (QED) is 0.625. The Bertz CT molecular complexity index is 458. The molecule has 1 aliphatic heterocycles. The molecule has 23 heavy (non-hydrogen) atoms. The van der Waals surface area contributed by atoms with Crippen molar-refractivity contribution in [3.05, 3.63) is 0 Å². The maximum atomic E-state index is 13.4. The Morgan fingerprint density at radius 2 is 1.70 bits per heavy atom. The minimum Gasteiger partial charge on any atom is -0.449 e. The molecule has 0 amide bonds. The molecule has 2 unspecified atom stereocenters. The molecule has 2 atom stereocenters. The molecule has 1 saturated heterocycles. The van der Waals surface area contributed by atoms with Gasteiger partial charge in [-0.3, -0.25) is 4.79 Å². The minimum atomic E-state index is -5.46. The highest BCUT2D eigenvalue weighted by Gasteiger charge is 2.70. The van der Waals surface area contributed by atoms with Crippen molar-refractivity contribution in [2.45, 2.75) is 63.8 Å². The molecule has 0 bridgehead atoms. The molecule has 0 spiro atoms. The summed E-state index contributed by atoms with van der Waals surface area (Å²) in [5.41, 5.74) is -4.77. The van der Waals surface area contributed by atoms with Crippen LogP contribution >= 0.6 is 0 Å². The lowest BCUT2D eigenvalue weighted by atomic mass is 9.85. The standard InChI is InChI=1S/C13H18F6O4/c1-4-9(2,3)8(20)23-10(12(14,15)16)5-6-22-11(21,7-10)13(17,18)19/h21H,4-7H2,1-3H3. The SMILES string of the molecule is CCC(C)(C)C(=O)OC1(C(F)(F)F)CCOC(O)(C(F)(F)F)C1. The van der Waals surface area contributed by atoms with E-state index >= 15 is 0 Å². The first-order valence-corrected chi connectivity index (χ1v) is 6.83. The summed E-state index contributed by atoms with van der Waals surface area (Å²) >= 11 is 0. The largest absolute Gasteiger partial charge is 0.449 e. The number of carbonyl (C=O) groups excluding carboxylic acids is 1. The Labute approximate surface area is 128 Å². The number of hydrogen-bond acceptors (Lipinski definition) is 4. The summed E-state index contributed by atoms with van der Waals surface area (Å²) in [6.45, 7) is 3.09. The van der Waals surface area contributed by atoms with Crippen LogP contribution in [0.5, 0.6) is 0 Å². The summed E-state index contributed by atoms with van der Waals surface area (Å²) in [4.78, 5) is 12.0. The Balaban J connectivity index is 3.23. The van der Waals surface area contributed by atoms with Gasteiger partial charge < -0.3 is 14.6 Å². The zero-order chi connectivity index (χ0) is 18.3. The van der Waals surface area contributed by atoms with Gasteiger partial charge in [0.25, 0.3) is 5.79 Å². The van der Waals surface area contributed by atoms with E-state index < -0.39 is 54.6 Å². The number of ether oxygens (including phenoxy) is 2. The predicted octanol–water partition coefficient (Wildman–Crippen LogP) is 3.33. The Kier molecular flexibility index (Phi) is 5.05. The molecule has 0 radical (unpaired) electrons. The van der Waals surface area contributed by atoms with Gasteiger partial charge in [-0.25, -0.2) is 0 Å². The maximum Gasteiger partial charge on any atom is 0.443 e.